The van der Waals surface area contributed by atoms with Gasteiger partial charge in [-0.15, -0.1) is 0 Å². The first-order chi connectivity index (χ1) is 9.65. The fourth-order valence-corrected chi connectivity index (χ4v) is 2.63. The molecular formula is C16H14N2O2. The van der Waals surface area contributed by atoms with E-state index in [-0.39, 0.29) is 11.6 Å². The minimum absolute atomic E-state index is 0.152. The van der Waals surface area contributed by atoms with Gasteiger partial charge in [-0.3, -0.25) is 9.59 Å². The van der Waals surface area contributed by atoms with Crippen molar-refractivity contribution >= 4 is 17.3 Å². The smallest absolute Gasteiger partial charge is 0.196 e. The third kappa shape index (κ3) is 1.66. The lowest BCUT2D eigenvalue weighted by Gasteiger charge is -2.20. The maximum absolute atomic E-state index is 12.6. The standard InChI is InChI=1S/C16H14N2O2/c17-8-7-9-5-6-12-13(14(9)18)16(20)11-4-2-1-3-10(11)15(12)19/h1-6H,7-8,17-18H2. The maximum atomic E-state index is 12.6. The predicted octanol–water partition coefficient (Wildman–Crippen LogP) is 1.55. The van der Waals surface area contributed by atoms with E-state index in [1.807, 2.05) is 0 Å². The van der Waals surface area contributed by atoms with Crippen LogP contribution in [-0.4, -0.2) is 18.1 Å². The summed E-state index contributed by atoms with van der Waals surface area (Å²) in [6.45, 7) is 0.446. The van der Waals surface area contributed by atoms with Gasteiger partial charge in [0.15, 0.2) is 11.6 Å². The number of carbonyl (C=O) groups is 2. The van der Waals surface area contributed by atoms with Gasteiger partial charge in [-0.25, -0.2) is 0 Å². The molecule has 4 nitrogen and oxygen atoms in total. The number of carbonyl (C=O) groups excluding carboxylic acids is 2. The number of hydrogen-bond donors (Lipinski definition) is 2. The molecule has 2 aromatic carbocycles. The molecule has 0 unspecified atom stereocenters. The van der Waals surface area contributed by atoms with Crippen LogP contribution >= 0.6 is 0 Å². The van der Waals surface area contributed by atoms with Crippen molar-refractivity contribution in [1.82, 2.24) is 0 Å². The Kier molecular flexibility index (Phi) is 2.88. The number of ketones is 2. The molecule has 0 atom stereocenters. The van der Waals surface area contributed by atoms with Gasteiger partial charge < -0.3 is 11.5 Å². The van der Waals surface area contributed by atoms with Gasteiger partial charge in [0, 0.05) is 22.4 Å². The Morgan fingerprint density at radius 3 is 2.15 bits per heavy atom. The van der Waals surface area contributed by atoms with Crippen LogP contribution in [0.5, 0.6) is 0 Å². The van der Waals surface area contributed by atoms with Gasteiger partial charge in [0.2, 0.25) is 0 Å². The van der Waals surface area contributed by atoms with Gasteiger partial charge in [-0.2, -0.15) is 0 Å². The zero-order valence-electron chi connectivity index (χ0n) is 10.8. The molecule has 2 aromatic rings. The second-order valence-electron chi connectivity index (χ2n) is 4.80. The Hall–Kier alpha value is -2.46. The van der Waals surface area contributed by atoms with Crippen LogP contribution < -0.4 is 11.5 Å². The number of hydrogen-bond acceptors (Lipinski definition) is 4. The van der Waals surface area contributed by atoms with E-state index in [1.54, 1.807) is 36.4 Å². The minimum Gasteiger partial charge on any atom is -0.398 e. The third-order valence-corrected chi connectivity index (χ3v) is 3.64. The van der Waals surface area contributed by atoms with E-state index in [0.29, 0.717) is 40.9 Å². The lowest BCUT2D eigenvalue weighted by Crippen LogP contribution is -2.23. The molecule has 3 rings (SSSR count). The van der Waals surface area contributed by atoms with Crippen molar-refractivity contribution in [3.05, 3.63) is 64.2 Å². The maximum Gasteiger partial charge on any atom is 0.196 e. The summed E-state index contributed by atoms with van der Waals surface area (Å²) in [6.07, 6.45) is 0.586. The molecular weight excluding hydrogens is 252 g/mol. The largest absolute Gasteiger partial charge is 0.398 e. The lowest BCUT2D eigenvalue weighted by molar-refractivity contribution is 0.0979. The van der Waals surface area contributed by atoms with Crippen molar-refractivity contribution in [2.75, 3.05) is 12.3 Å². The predicted molar refractivity (Wildman–Crippen MR) is 76.9 cm³/mol. The first-order valence-electron chi connectivity index (χ1n) is 6.45. The minimum atomic E-state index is -0.188. The molecule has 0 bridgehead atoms. The summed E-state index contributed by atoms with van der Waals surface area (Å²) in [4.78, 5) is 25.0. The fourth-order valence-electron chi connectivity index (χ4n) is 2.63. The van der Waals surface area contributed by atoms with E-state index < -0.39 is 0 Å². The van der Waals surface area contributed by atoms with Crippen molar-refractivity contribution in [2.24, 2.45) is 5.73 Å². The van der Waals surface area contributed by atoms with Crippen LogP contribution in [0.25, 0.3) is 0 Å². The van der Waals surface area contributed by atoms with Gasteiger partial charge in [-0.1, -0.05) is 30.3 Å². The summed E-state index contributed by atoms with van der Waals surface area (Å²) < 4.78 is 0. The molecule has 4 N–H and O–H groups in total. The second-order valence-corrected chi connectivity index (χ2v) is 4.80. The lowest BCUT2D eigenvalue weighted by atomic mass is 9.82. The molecule has 0 radical (unpaired) electrons. The number of anilines is 1. The molecule has 0 amide bonds. The van der Waals surface area contributed by atoms with E-state index in [4.69, 9.17) is 11.5 Å². The summed E-state index contributed by atoms with van der Waals surface area (Å²) >= 11 is 0. The number of rotatable bonds is 2. The van der Waals surface area contributed by atoms with Crippen molar-refractivity contribution < 1.29 is 9.59 Å². The molecule has 0 saturated heterocycles. The molecule has 1 aliphatic rings. The van der Waals surface area contributed by atoms with Gasteiger partial charge in [0.05, 0.1) is 5.56 Å². The first kappa shape index (κ1) is 12.6. The molecule has 0 saturated carbocycles. The molecule has 100 valence electrons. The van der Waals surface area contributed by atoms with Crippen LogP contribution in [0.4, 0.5) is 5.69 Å². The highest BCUT2D eigenvalue weighted by atomic mass is 16.1. The summed E-state index contributed by atoms with van der Waals surface area (Å²) in [7, 11) is 0. The van der Waals surface area contributed by atoms with Crippen LogP contribution in [0.3, 0.4) is 0 Å². The molecule has 20 heavy (non-hydrogen) atoms. The van der Waals surface area contributed by atoms with Crippen LogP contribution in [0, 0.1) is 0 Å². The van der Waals surface area contributed by atoms with Crippen LogP contribution in [-0.2, 0) is 6.42 Å². The highest BCUT2D eigenvalue weighted by Crippen LogP contribution is 2.32. The van der Waals surface area contributed by atoms with Gasteiger partial charge in [0.1, 0.15) is 0 Å². The van der Waals surface area contributed by atoms with Crippen LogP contribution in [0.15, 0.2) is 36.4 Å². The first-order valence-corrected chi connectivity index (χ1v) is 6.45. The number of nitrogen functional groups attached to an aromatic ring is 1. The van der Waals surface area contributed by atoms with Gasteiger partial charge in [-0.05, 0) is 24.6 Å². The Balaban J connectivity index is 2.26. The van der Waals surface area contributed by atoms with Crippen molar-refractivity contribution in [3.63, 3.8) is 0 Å². The van der Waals surface area contributed by atoms with Gasteiger partial charge in [0.25, 0.3) is 0 Å². The zero-order valence-corrected chi connectivity index (χ0v) is 10.8. The number of nitrogens with two attached hydrogens (primary N) is 2. The zero-order chi connectivity index (χ0) is 14.3. The summed E-state index contributed by atoms with van der Waals surface area (Å²) in [6, 6.07) is 10.3. The quantitative estimate of drug-likeness (QED) is 0.689. The average molecular weight is 266 g/mol. The Morgan fingerprint density at radius 1 is 0.850 bits per heavy atom. The third-order valence-electron chi connectivity index (χ3n) is 3.64. The number of benzene rings is 2. The molecule has 0 heterocycles. The topological polar surface area (TPSA) is 86.2 Å². The Bertz CT molecular complexity index is 735. The SMILES string of the molecule is NCCc1ccc2c(c1N)C(=O)c1ccccc1C2=O. The van der Waals surface area contributed by atoms with Crippen molar-refractivity contribution in [2.45, 2.75) is 6.42 Å². The van der Waals surface area contributed by atoms with E-state index in [9.17, 15) is 9.59 Å². The molecule has 0 aromatic heterocycles. The number of fused-ring (bicyclic) bond motifs is 2. The monoisotopic (exact) mass is 266 g/mol. The molecule has 0 fully saturated rings. The van der Waals surface area contributed by atoms with E-state index >= 15 is 0 Å². The summed E-state index contributed by atoms with van der Waals surface area (Å²) in [5.41, 5.74) is 14.4. The molecule has 4 heteroatoms. The second kappa shape index (κ2) is 4.58. The average Bonchev–Trinajstić information content (AvgIpc) is 2.47. The molecule has 0 spiro atoms. The molecule has 1 aliphatic carbocycles. The van der Waals surface area contributed by atoms with Crippen molar-refractivity contribution in [1.29, 1.82) is 0 Å². The molecule has 0 aliphatic heterocycles. The van der Waals surface area contributed by atoms with Crippen molar-refractivity contribution in [3.8, 4) is 0 Å². The highest BCUT2D eigenvalue weighted by molar-refractivity contribution is 6.30. The Morgan fingerprint density at radius 2 is 1.50 bits per heavy atom. The fraction of sp³-hybridized carbons (Fsp3) is 0.125. The van der Waals surface area contributed by atoms with Crippen LogP contribution in [0.2, 0.25) is 0 Å². The van der Waals surface area contributed by atoms with E-state index in [0.717, 1.165) is 5.56 Å². The van der Waals surface area contributed by atoms with E-state index in [1.165, 1.54) is 0 Å². The summed E-state index contributed by atoms with van der Waals surface area (Å²) in [5.74, 6) is -0.340. The van der Waals surface area contributed by atoms with Crippen LogP contribution in [0.1, 0.15) is 37.4 Å². The summed E-state index contributed by atoms with van der Waals surface area (Å²) in [5, 5.41) is 0. The normalized spacial score (nSPS) is 13.1. The van der Waals surface area contributed by atoms with E-state index in [2.05, 4.69) is 0 Å². The van der Waals surface area contributed by atoms with Gasteiger partial charge >= 0.3 is 0 Å². The highest BCUT2D eigenvalue weighted by Gasteiger charge is 2.31. The Labute approximate surface area is 116 Å².